The average molecular weight is 334 g/mol. The molecular weight excluding hydrogens is 318 g/mol. The fourth-order valence-electron chi connectivity index (χ4n) is 2.15. The topological polar surface area (TPSA) is 50.1 Å². The summed E-state index contributed by atoms with van der Waals surface area (Å²) >= 11 is 7.96. The molecule has 114 valence electrons. The second-order valence-corrected chi connectivity index (χ2v) is 6.39. The van der Waals surface area contributed by atoms with Crippen molar-refractivity contribution in [2.45, 2.75) is 13.1 Å². The number of aromatic nitrogens is 2. The van der Waals surface area contributed by atoms with Gasteiger partial charge in [-0.05, 0) is 18.2 Å². The Balaban J connectivity index is 1.65. The maximum Gasteiger partial charge on any atom is 0.0729 e. The van der Waals surface area contributed by atoms with Crippen LogP contribution >= 0.6 is 22.9 Å². The summed E-state index contributed by atoms with van der Waals surface area (Å²) in [5.74, 6) is 0. The average Bonchev–Trinajstić information content (AvgIpc) is 3.15. The largest absolute Gasteiger partial charge is 0.394 e. The highest BCUT2D eigenvalue weighted by Gasteiger charge is 2.06. The highest BCUT2D eigenvalue weighted by Crippen LogP contribution is 2.33. The van der Waals surface area contributed by atoms with Gasteiger partial charge in [-0.25, -0.2) is 0 Å². The van der Waals surface area contributed by atoms with Crippen LogP contribution in [0.1, 0.15) is 4.88 Å². The van der Waals surface area contributed by atoms with Gasteiger partial charge in [0.1, 0.15) is 0 Å². The third kappa shape index (κ3) is 3.50. The maximum atomic E-state index is 8.88. The Morgan fingerprint density at radius 3 is 2.91 bits per heavy atom. The molecule has 0 aliphatic heterocycles. The van der Waals surface area contributed by atoms with Gasteiger partial charge in [0.05, 0.1) is 25.0 Å². The van der Waals surface area contributed by atoms with Crippen molar-refractivity contribution in [2.24, 2.45) is 0 Å². The zero-order valence-electron chi connectivity index (χ0n) is 11.9. The van der Waals surface area contributed by atoms with E-state index in [1.165, 1.54) is 9.75 Å². The van der Waals surface area contributed by atoms with Crippen molar-refractivity contribution in [2.75, 3.05) is 11.9 Å². The Kier molecular flexibility index (Phi) is 4.77. The molecule has 0 fully saturated rings. The molecular formula is C16H16ClN3OS. The summed E-state index contributed by atoms with van der Waals surface area (Å²) in [4.78, 5) is 2.39. The number of hydrogen-bond donors (Lipinski definition) is 2. The number of benzene rings is 1. The lowest BCUT2D eigenvalue weighted by atomic mass is 10.2. The molecule has 3 aromatic rings. The monoisotopic (exact) mass is 333 g/mol. The van der Waals surface area contributed by atoms with E-state index < -0.39 is 0 Å². The van der Waals surface area contributed by atoms with E-state index in [1.807, 2.05) is 30.5 Å². The molecule has 0 amide bonds. The second-order valence-electron chi connectivity index (χ2n) is 4.82. The third-order valence-electron chi connectivity index (χ3n) is 3.23. The number of anilines is 1. The van der Waals surface area contributed by atoms with Crippen LogP contribution in [-0.2, 0) is 13.1 Å². The summed E-state index contributed by atoms with van der Waals surface area (Å²) in [6, 6.07) is 12.1. The van der Waals surface area contributed by atoms with Crippen LogP contribution in [0.5, 0.6) is 0 Å². The first-order chi connectivity index (χ1) is 10.8. The summed E-state index contributed by atoms with van der Waals surface area (Å²) in [5, 5.41) is 17.1. The molecule has 2 heterocycles. The first-order valence-electron chi connectivity index (χ1n) is 6.97. The lowest BCUT2D eigenvalue weighted by Crippen LogP contribution is -2.01. The number of nitrogens with zero attached hydrogens (tertiary/aromatic N) is 2. The van der Waals surface area contributed by atoms with Gasteiger partial charge in [0.25, 0.3) is 0 Å². The van der Waals surface area contributed by atoms with Gasteiger partial charge in [-0.15, -0.1) is 11.3 Å². The molecule has 0 bridgehead atoms. The zero-order chi connectivity index (χ0) is 15.4. The molecule has 0 saturated heterocycles. The standard InChI is InChI=1S/C16H16ClN3OS/c17-15-4-2-1-3-14(15)16-6-5-13(22-16)10-18-12-9-19-20(11-12)7-8-21/h1-6,9,11,18,21H,7-8,10H2. The fraction of sp³-hybridized carbons (Fsp3) is 0.188. The fourth-order valence-corrected chi connectivity index (χ4v) is 3.43. The Bertz CT molecular complexity index is 753. The molecule has 22 heavy (non-hydrogen) atoms. The van der Waals surface area contributed by atoms with Crippen LogP contribution in [0.3, 0.4) is 0 Å². The number of rotatable bonds is 6. The lowest BCUT2D eigenvalue weighted by Gasteiger charge is -2.01. The van der Waals surface area contributed by atoms with E-state index in [1.54, 1.807) is 22.2 Å². The van der Waals surface area contributed by atoms with Gasteiger partial charge in [-0.1, -0.05) is 29.8 Å². The molecule has 0 aliphatic carbocycles. The predicted octanol–water partition coefficient (Wildman–Crippen LogP) is 3.87. The quantitative estimate of drug-likeness (QED) is 0.720. The minimum absolute atomic E-state index is 0.0905. The zero-order valence-corrected chi connectivity index (χ0v) is 13.4. The molecule has 3 rings (SSSR count). The minimum atomic E-state index is 0.0905. The number of hydrogen-bond acceptors (Lipinski definition) is 4. The number of aliphatic hydroxyl groups excluding tert-OH is 1. The Hall–Kier alpha value is -1.82. The highest BCUT2D eigenvalue weighted by atomic mass is 35.5. The van der Waals surface area contributed by atoms with Gasteiger partial charge in [0.15, 0.2) is 0 Å². The second kappa shape index (κ2) is 6.96. The van der Waals surface area contributed by atoms with Crippen molar-refractivity contribution < 1.29 is 5.11 Å². The smallest absolute Gasteiger partial charge is 0.0729 e. The van der Waals surface area contributed by atoms with Gasteiger partial charge in [0.2, 0.25) is 0 Å². The number of halogens is 1. The first kappa shape index (κ1) is 15.1. The van der Waals surface area contributed by atoms with Crippen LogP contribution in [0, 0.1) is 0 Å². The van der Waals surface area contributed by atoms with E-state index in [-0.39, 0.29) is 6.61 Å². The van der Waals surface area contributed by atoms with Crippen LogP contribution in [0.25, 0.3) is 10.4 Å². The van der Waals surface area contributed by atoms with Gasteiger partial charge in [0, 0.05) is 33.1 Å². The molecule has 0 atom stereocenters. The van der Waals surface area contributed by atoms with Crippen LogP contribution in [0.15, 0.2) is 48.8 Å². The van der Waals surface area contributed by atoms with E-state index in [4.69, 9.17) is 16.7 Å². The van der Waals surface area contributed by atoms with Gasteiger partial charge in [-0.3, -0.25) is 4.68 Å². The van der Waals surface area contributed by atoms with Crippen molar-refractivity contribution >= 4 is 28.6 Å². The van der Waals surface area contributed by atoms with Gasteiger partial charge in [-0.2, -0.15) is 5.10 Å². The Morgan fingerprint density at radius 1 is 1.23 bits per heavy atom. The van der Waals surface area contributed by atoms with Crippen molar-refractivity contribution in [1.29, 1.82) is 0 Å². The molecule has 6 heteroatoms. The first-order valence-corrected chi connectivity index (χ1v) is 8.16. The number of thiophene rings is 1. The minimum Gasteiger partial charge on any atom is -0.394 e. The molecule has 0 saturated carbocycles. The molecule has 2 aromatic heterocycles. The van der Waals surface area contributed by atoms with Gasteiger partial charge >= 0.3 is 0 Å². The van der Waals surface area contributed by atoms with Crippen LogP contribution in [0.2, 0.25) is 5.02 Å². The van der Waals surface area contributed by atoms with Gasteiger partial charge < -0.3 is 10.4 Å². The molecule has 1 aromatic carbocycles. The van der Waals surface area contributed by atoms with Crippen molar-refractivity contribution in [3.63, 3.8) is 0 Å². The van der Waals surface area contributed by atoms with Crippen LogP contribution < -0.4 is 5.32 Å². The van der Waals surface area contributed by atoms with E-state index in [9.17, 15) is 0 Å². The molecule has 0 unspecified atom stereocenters. The van der Waals surface area contributed by atoms with Crippen LogP contribution in [0.4, 0.5) is 5.69 Å². The summed E-state index contributed by atoms with van der Waals surface area (Å²) in [6.45, 7) is 1.34. The molecule has 4 nitrogen and oxygen atoms in total. The Morgan fingerprint density at radius 2 is 2.09 bits per heavy atom. The van der Waals surface area contributed by atoms with Crippen LogP contribution in [-0.4, -0.2) is 21.5 Å². The van der Waals surface area contributed by atoms with E-state index >= 15 is 0 Å². The summed E-state index contributed by atoms with van der Waals surface area (Å²) in [7, 11) is 0. The van der Waals surface area contributed by atoms with E-state index in [0.29, 0.717) is 6.54 Å². The molecule has 0 radical (unpaired) electrons. The number of aliphatic hydroxyl groups is 1. The van der Waals surface area contributed by atoms with E-state index in [0.717, 1.165) is 22.8 Å². The summed E-state index contributed by atoms with van der Waals surface area (Å²) in [6.07, 6.45) is 3.65. The maximum absolute atomic E-state index is 8.88. The van der Waals surface area contributed by atoms with Crippen molar-refractivity contribution in [3.8, 4) is 10.4 Å². The lowest BCUT2D eigenvalue weighted by molar-refractivity contribution is 0.269. The summed E-state index contributed by atoms with van der Waals surface area (Å²) in [5.41, 5.74) is 2.01. The number of nitrogens with one attached hydrogen (secondary N) is 1. The Labute approximate surface area is 138 Å². The highest BCUT2D eigenvalue weighted by molar-refractivity contribution is 7.15. The van der Waals surface area contributed by atoms with E-state index in [2.05, 4.69) is 22.5 Å². The SMILES string of the molecule is OCCn1cc(NCc2ccc(-c3ccccc3Cl)s2)cn1. The predicted molar refractivity (Wildman–Crippen MR) is 91.4 cm³/mol. The summed E-state index contributed by atoms with van der Waals surface area (Å²) < 4.78 is 1.71. The molecule has 0 aliphatic rings. The van der Waals surface area contributed by atoms with Crippen molar-refractivity contribution in [3.05, 3.63) is 58.7 Å². The molecule has 2 N–H and O–H groups in total. The molecule has 0 spiro atoms. The third-order valence-corrected chi connectivity index (χ3v) is 4.68. The normalized spacial score (nSPS) is 10.8. The van der Waals surface area contributed by atoms with Crippen molar-refractivity contribution in [1.82, 2.24) is 9.78 Å².